The molecule has 1 aromatic carbocycles. The molecule has 1 aliphatic rings. The van der Waals surface area contributed by atoms with E-state index in [4.69, 9.17) is 4.74 Å². The van der Waals surface area contributed by atoms with Crippen LogP contribution in [0.4, 0.5) is 5.95 Å². The second-order valence-electron chi connectivity index (χ2n) is 7.54. The van der Waals surface area contributed by atoms with Crippen LogP contribution in [0.3, 0.4) is 0 Å². The summed E-state index contributed by atoms with van der Waals surface area (Å²) in [5.41, 5.74) is 2.88. The average molecular weight is 406 g/mol. The van der Waals surface area contributed by atoms with Crippen LogP contribution in [0.2, 0.25) is 0 Å². The maximum Gasteiger partial charge on any atom is 0.245 e. The number of pyridine rings is 1. The number of rotatable bonds is 5. The largest absolute Gasteiger partial charge is 0.507 e. The molecule has 8 heteroatoms. The van der Waals surface area contributed by atoms with Crippen molar-refractivity contribution in [3.05, 3.63) is 42.7 Å². The van der Waals surface area contributed by atoms with Crippen molar-refractivity contribution >= 4 is 5.95 Å². The van der Waals surface area contributed by atoms with Crippen molar-refractivity contribution in [2.24, 2.45) is 0 Å². The maximum atomic E-state index is 10.6. The highest BCUT2D eigenvalue weighted by Crippen LogP contribution is 2.33. The first-order valence-corrected chi connectivity index (χ1v) is 10.1. The van der Waals surface area contributed by atoms with Gasteiger partial charge in [0.15, 0.2) is 0 Å². The Bertz CT molecular complexity index is 1010. The van der Waals surface area contributed by atoms with Gasteiger partial charge in [-0.15, -0.1) is 10.2 Å². The van der Waals surface area contributed by atoms with Gasteiger partial charge in [-0.05, 0) is 42.7 Å². The maximum absolute atomic E-state index is 10.6. The fourth-order valence-corrected chi connectivity index (χ4v) is 3.76. The molecule has 0 amide bonds. The predicted molar refractivity (Wildman–Crippen MR) is 116 cm³/mol. The molecule has 1 fully saturated rings. The van der Waals surface area contributed by atoms with E-state index in [9.17, 15) is 5.11 Å². The molecule has 0 bridgehead atoms. The topological polar surface area (TPSA) is 96.3 Å². The number of nitrogens with zero attached hydrogens (tertiary/aromatic N) is 5. The molecule has 0 saturated carbocycles. The first kappa shape index (κ1) is 20.0. The molecule has 0 aliphatic carbocycles. The third kappa shape index (κ3) is 4.18. The van der Waals surface area contributed by atoms with Gasteiger partial charge in [0.1, 0.15) is 11.4 Å². The first-order valence-electron chi connectivity index (χ1n) is 10.1. The molecule has 2 aromatic heterocycles. The third-order valence-corrected chi connectivity index (χ3v) is 5.33. The van der Waals surface area contributed by atoms with Gasteiger partial charge in [-0.3, -0.25) is 0 Å². The van der Waals surface area contributed by atoms with Gasteiger partial charge in [0.2, 0.25) is 11.8 Å². The average Bonchev–Trinajstić information content (AvgIpc) is 2.78. The summed E-state index contributed by atoms with van der Waals surface area (Å²) >= 11 is 0. The molecule has 0 radical (unpaired) electrons. The highest BCUT2D eigenvalue weighted by molar-refractivity contribution is 5.74. The minimum Gasteiger partial charge on any atom is -0.507 e. The summed E-state index contributed by atoms with van der Waals surface area (Å²) in [5, 5.41) is 22.8. The number of aromatic hydroxyl groups is 1. The lowest BCUT2D eigenvalue weighted by atomic mass is 10.0. The van der Waals surface area contributed by atoms with E-state index in [-0.39, 0.29) is 5.75 Å². The summed E-state index contributed by atoms with van der Waals surface area (Å²) in [6, 6.07) is 9.92. The molecular weight excluding hydrogens is 380 g/mol. The van der Waals surface area contributed by atoms with Crippen LogP contribution in [0.15, 0.2) is 42.7 Å². The van der Waals surface area contributed by atoms with Crippen LogP contribution < -0.4 is 15.0 Å². The smallest absolute Gasteiger partial charge is 0.245 e. The highest BCUT2D eigenvalue weighted by Gasteiger charge is 2.24. The Balaban J connectivity index is 1.55. The molecule has 0 spiro atoms. The minimum absolute atomic E-state index is 0.119. The lowest BCUT2D eigenvalue weighted by Gasteiger charge is -2.37. The number of piperazine rings is 1. The predicted octanol–water partition coefficient (Wildman–Crippen LogP) is 2.89. The van der Waals surface area contributed by atoms with Crippen LogP contribution in [-0.2, 0) is 0 Å². The van der Waals surface area contributed by atoms with Crippen molar-refractivity contribution in [3.63, 3.8) is 0 Å². The molecule has 156 valence electrons. The van der Waals surface area contributed by atoms with Crippen LogP contribution in [0, 0.1) is 0 Å². The number of anilines is 1. The van der Waals surface area contributed by atoms with E-state index >= 15 is 0 Å². The Labute approximate surface area is 176 Å². The molecule has 2 atom stereocenters. The molecule has 4 rings (SSSR count). The second kappa shape index (κ2) is 8.62. The van der Waals surface area contributed by atoms with Crippen LogP contribution in [0.5, 0.6) is 11.6 Å². The molecule has 3 heterocycles. The van der Waals surface area contributed by atoms with Crippen LogP contribution in [0.25, 0.3) is 22.4 Å². The molecule has 1 aliphatic heterocycles. The van der Waals surface area contributed by atoms with Crippen LogP contribution >= 0.6 is 0 Å². The van der Waals surface area contributed by atoms with E-state index in [2.05, 4.69) is 44.2 Å². The zero-order valence-corrected chi connectivity index (χ0v) is 17.4. The second-order valence-corrected chi connectivity index (χ2v) is 7.54. The standard InChI is InChI=1S/C22H26N6O2/c1-4-17-13-28(12-14(2)25-17)22-24-11-19(26-27-22)18-6-5-15(9-20(18)29)16-7-8-23-21(10-16)30-3/h5-11,14,17,25,29H,4,12-13H2,1-3H3/t14-,17+/m0/s1. The van der Waals surface area contributed by atoms with Crippen molar-refractivity contribution < 1.29 is 9.84 Å². The summed E-state index contributed by atoms with van der Waals surface area (Å²) in [4.78, 5) is 10.8. The van der Waals surface area contributed by atoms with E-state index in [0.29, 0.717) is 35.2 Å². The van der Waals surface area contributed by atoms with E-state index in [1.54, 1.807) is 25.6 Å². The van der Waals surface area contributed by atoms with Gasteiger partial charge >= 0.3 is 0 Å². The van der Waals surface area contributed by atoms with Gasteiger partial charge in [-0.25, -0.2) is 9.97 Å². The Hall–Kier alpha value is -3.26. The molecule has 30 heavy (non-hydrogen) atoms. The van der Waals surface area contributed by atoms with Crippen molar-refractivity contribution in [1.29, 1.82) is 0 Å². The highest BCUT2D eigenvalue weighted by atomic mass is 16.5. The first-order chi connectivity index (χ1) is 14.6. The lowest BCUT2D eigenvalue weighted by Crippen LogP contribution is -2.55. The van der Waals surface area contributed by atoms with Crippen LogP contribution in [0.1, 0.15) is 20.3 Å². The normalized spacial score (nSPS) is 19.0. The fourth-order valence-electron chi connectivity index (χ4n) is 3.76. The van der Waals surface area contributed by atoms with Gasteiger partial charge in [-0.1, -0.05) is 13.0 Å². The van der Waals surface area contributed by atoms with Crippen molar-refractivity contribution in [2.75, 3.05) is 25.1 Å². The fraction of sp³-hybridized carbons (Fsp3) is 0.364. The van der Waals surface area contributed by atoms with E-state index in [0.717, 1.165) is 30.6 Å². The van der Waals surface area contributed by atoms with E-state index in [1.807, 2.05) is 24.3 Å². The summed E-state index contributed by atoms with van der Waals surface area (Å²) in [5.74, 6) is 1.26. The molecule has 8 nitrogen and oxygen atoms in total. The Morgan fingerprint density at radius 1 is 1.13 bits per heavy atom. The molecule has 0 unspecified atom stereocenters. The van der Waals surface area contributed by atoms with Crippen molar-refractivity contribution in [2.45, 2.75) is 32.4 Å². The number of benzene rings is 1. The Kier molecular flexibility index (Phi) is 5.76. The van der Waals surface area contributed by atoms with Crippen LogP contribution in [-0.4, -0.2) is 57.6 Å². The summed E-state index contributed by atoms with van der Waals surface area (Å²) in [6.07, 6.45) is 4.39. The van der Waals surface area contributed by atoms with Gasteiger partial charge in [0.05, 0.1) is 13.3 Å². The number of phenols is 1. The van der Waals surface area contributed by atoms with Crippen molar-refractivity contribution in [1.82, 2.24) is 25.5 Å². The SMILES string of the molecule is CC[C@@H]1CN(c2ncc(-c3ccc(-c4ccnc(OC)c4)cc3O)nn2)C[C@H](C)N1. The number of hydrogen-bond donors (Lipinski definition) is 2. The van der Waals surface area contributed by atoms with Crippen molar-refractivity contribution in [3.8, 4) is 34.0 Å². The quantitative estimate of drug-likeness (QED) is 0.668. The molecule has 1 saturated heterocycles. The van der Waals surface area contributed by atoms with E-state index in [1.165, 1.54) is 0 Å². The number of ether oxygens (including phenoxy) is 1. The number of aromatic nitrogens is 4. The monoisotopic (exact) mass is 406 g/mol. The summed E-state index contributed by atoms with van der Waals surface area (Å²) in [7, 11) is 1.57. The minimum atomic E-state index is 0.119. The zero-order chi connectivity index (χ0) is 21.1. The Morgan fingerprint density at radius 2 is 1.97 bits per heavy atom. The molecule has 3 aromatic rings. The summed E-state index contributed by atoms with van der Waals surface area (Å²) in [6.45, 7) is 6.03. The molecule has 2 N–H and O–H groups in total. The summed E-state index contributed by atoms with van der Waals surface area (Å²) < 4.78 is 5.17. The van der Waals surface area contributed by atoms with Gasteiger partial charge in [0.25, 0.3) is 0 Å². The number of methoxy groups -OCH3 is 1. The third-order valence-electron chi connectivity index (χ3n) is 5.33. The number of nitrogens with one attached hydrogen (secondary N) is 1. The number of hydrogen-bond acceptors (Lipinski definition) is 8. The van der Waals surface area contributed by atoms with Gasteiger partial charge in [-0.2, -0.15) is 0 Å². The Morgan fingerprint density at radius 3 is 2.67 bits per heavy atom. The van der Waals surface area contributed by atoms with E-state index < -0.39 is 0 Å². The zero-order valence-electron chi connectivity index (χ0n) is 17.4. The molecular formula is C22H26N6O2. The van der Waals surface area contributed by atoms with Gasteiger partial charge < -0.3 is 20.1 Å². The number of phenolic OH excluding ortho intramolecular Hbond substituents is 1. The van der Waals surface area contributed by atoms with Gasteiger partial charge in [0, 0.05) is 43.0 Å². The lowest BCUT2D eigenvalue weighted by molar-refractivity contribution is 0.376.